The zero-order valence-corrected chi connectivity index (χ0v) is 11.3. The molecule has 0 aliphatic rings. The zero-order chi connectivity index (χ0) is 15.2. The summed E-state index contributed by atoms with van der Waals surface area (Å²) in [6.45, 7) is 0. The van der Waals surface area contributed by atoms with Crippen LogP contribution in [-0.2, 0) is 6.18 Å². The van der Waals surface area contributed by atoms with Crippen molar-refractivity contribution in [1.82, 2.24) is 9.38 Å². The summed E-state index contributed by atoms with van der Waals surface area (Å²) in [4.78, 5) is 4.05. The molecule has 0 fully saturated rings. The third kappa shape index (κ3) is 2.31. The van der Waals surface area contributed by atoms with E-state index in [0.717, 1.165) is 6.07 Å². The maximum atomic E-state index is 13.1. The van der Waals surface area contributed by atoms with Crippen LogP contribution in [0.4, 0.5) is 18.9 Å². The molecule has 2 heterocycles. The molecule has 0 aliphatic carbocycles. The summed E-state index contributed by atoms with van der Waals surface area (Å²) in [5.74, 6) is 0.128. The van der Waals surface area contributed by atoms with Gasteiger partial charge in [-0.15, -0.1) is 0 Å². The minimum atomic E-state index is -4.47. The Morgan fingerprint density at radius 2 is 1.86 bits per heavy atom. The molecule has 21 heavy (non-hydrogen) atoms. The van der Waals surface area contributed by atoms with Gasteiger partial charge in [0.2, 0.25) is 0 Å². The second kappa shape index (κ2) is 4.66. The van der Waals surface area contributed by atoms with Crippen molar-refractivity contribution in [3.8, 4) is 11.4 Å². The van der Waals surface area contributed by atoms with Gasteiger partial charge in [-0.3, -0.25) is 4.40 Å². The molecule has 0 aliphatic heterocycles. The number of pyridine rings is 1. The molecule has 0 atom stereocenters. The second-order valence-corrected chi connectivity index (χ2v) is 4.84. The van der Waals surface area contributed by atoms with Crippen LogP contribution in [-0.4, -0.2) is 9.38 Å². The van der Waals surface area contributed by atoms with Crippen LogP contribution < -0.4 is 5.73 Å². The first-order chi connectivity index (χ1) is 9.88. The molecule has 2 aromatic heterocycles. The molecule has 7 heteroatoms. The Morgan fingerprint density at radius 3 is 2.57 bits per heavy atom. The predicted octanol–water partition coefficient (Wildman–Crippen LogP) is 4.26. The van der Waals surface area contributed by atoms with Crippen LogP contribution in [0.3, 0.4) is 0 Å². The van der Waals surface area contributed by atoms with Crippen molar-refractivity contribution in [2.24, 2.45) is 0 Å². The number of hydrogen-bond donors (Lipinski definition) is 1. The van der Waals surface area contributed by atoms with Crippen molar-refractivity contribution in [3.63, 3.8) is 0 Å². The summed E-state index contributed by atoms with van der Waals surface area (Å²) < 4.78 is 40.8. The summed E-state index contributed by atoms with van der Waals surface area (Å²) >= 11 is 6.00. The lowest BCUT2D eigenvalue weighted by Gasteiger charge is -2.11. The highest BCUT2D eigenvalue weighted by Crippen LogP contribution is 2.37. The molecule has 3 rings (SSSR count). The van der Waals surface area contributed by atoms with Crippen molar-refractivity contribution in [2.45, 2.75) is 6.18 Å². The molecular weight excluding hydrogens is 303 g/mol. The second-order valence-electron chi connectivity index (χ2n) is 4.48. The lowest BCUT2D eigenvalue weighted by Crippen LogP contribution is -2.08. The lowest BCUT2D eigenvalue weighted by atomic mass is 10.1. The van der Waals surface area contributed by atoms with Gasteiger partial charge in [-0.05, 0) is 18.2 Å². The number of nitrogens with zero attached hydrogens (tertiary/aromatic N) is 2. The fourth-order valence-electron chi connectivity index (χ4n) is 2.18. The standard InChI is InChI=1S/C14H9ClF3N3/c15-12-11-7-8(19)5-6-21(11)13(20-12)9-3-1-2-4-10(9)14(16,17)18/h1-7H,19H2. The molecule has 0 unspecified atom stereocenters. The number of imidazole rings is 1. The predicted molar refractivity (Wildman–Crippen MR) is 75.1 cm³/mol. The normalized spacial score (nSPS) is 12.0. The van der Waals surface area contributed by atoms with E-state index in [2.05, 4.69) is 4.98 Å². The number of nitrogens with two attached hydrogens (primary N) is 1. The van der Waals surface area contributed by atoms with Gasteiger partial charge in [0.1, 0.15) is 5.82 Å². The Morgan fingerprint density at radius 1 is 1.14 bits per heavy atom. The number of rotatable bonds is 1. The largest absolute Gasteiger partial charge is 0.417 e. The van der Waals surface area contributed by atoms with Crippen LogP contribution in [0.5, 0.6) is 0 Å². The van der Waals surface area contributed by atoms with E-state index in [1.165, 1.54) is 22.6 Å². The topological polar surface area (TPSA) is 43.3 Å². The number of alkyl halides is 3. The fraction of sp³-hybridized carbons (Fsp3) is 0.0714. The van der Waals surface area contributed by atoms with E-state index < -0.39 is 11.7 Å². The van der Waals surface area contributed by atoms with E-state index in [4.69, 9.17) is 17.3 Å². The minimum absolute atomic E-state index is 0.0309. The van der Waals surface area contributed by atoms with Crippen molar-refractivity contribution < 1.29 is 13.2 Å². The van der Waals surface area contributed by atoms with Gasteiger partial charge < -0.3 is 5.73 Å². The summed E-state index contributed by atoms with van der Waals surface area (Å²) in [6, 6.07) is 8.38. The highest BCUT2D eigenvalue weighted by molar-refractivity contribution is 6.33. The zero-order valence-electron chi connectivity index (χ0n) is 10.5. The molecule has 2 N–H and O–H groups in total. The highest BCUT2D eigenvalue weighted by atomic mass is 35.5. The number of nitrogen functional groups attached to an aromatic ring is 1. The van der Waals surface area contributed by atoms with Gasteiger partial charge in [-0.25, -0.2) is 4.98 Å². The fourth-order valence-corrected chi connectivity index (χ4v) is 2.41. The molecule has 0 bridgehead atoms. The Balaban J connectivity index is 2.32. The number of halogens is 4. The minimum Gasteiger partial charge on any atom is -0.399 e. The van der Waals surface area contributed by atoms with Gasteiger partial charge in [0.05, 0.1) is 11.1 Å². The molecule has 0 radical (unpaired) electrons. The Hall–Kier alpha value is -2.21. The van der Waals surface area contributed by atoms with E-state index >= 15 is 0 Å². The van der Waals surface area contributed by atoms with Crippen LogP contribution in [0.1, 0.15) is 5.56 Å². The quantitative estimate of drug-likeness (QED) is 0.730. The van der Waals surface area contributed by atoms with Crippen LogP contribution in [0, 0.1) is 0 Å². The van der Waals surface area contributed by atoms with Gasteiger partial charge in [-0.1, -0.05) is 29.8 Å². The number of benzene rings is 1. The Labute approximate surface area is 122 Å². The molecule has 1 aromatic carbocycles. The summed E-state index contributed by atoms with van der Waals surface area (Å²) in [7, 11) is 0. The first kappa shape index (κ1) is 13.8. The first-order valence-corrected chi connectivity index (χ1v) is 6.35. The number of aromatic nitrogens is 2. The van der Waals surface area contributed by atoms with Crippen molar-refractivity contribution in [3.05, 3.63) is 53.3 Å². The molecular formula is C14H9ClF3N3. The van der Waals surface area contributed by atoms with E-state index in [1.54, 1.807) is 18.3 Å². The van der Waals surface area contributed by atoms with Gasteiger partial charge >= 0.3 is 6.18 Å². The average molecular weight is 312 g/mol. The van der Waals surface area contributed by atoms with E-state index in [-0.39, 0.29) is 16.5 Å². The van der Waals surface area contributed by atoms with Crippen LogP contribution in [0.15, 0.2) is 42.6 Å². The lowest BCUT2D eigenvalue weighted by molar-refractivity contribution is -0.137. The van der Waals surface area contributed by atoms with Crippen LogP contribution in [0.25, 0.3) is 16.9 Å². The van der Waals surface area contributed by atoms with Gasteiger partial charge in [0, 0.05) is 17.4 Å². The number of anilines is 1. The highest BCUT2D eigenvalue weighted by Gasteiger charge is 2.34. The third-order valence-electron chi connectivity index (χ3n) is 3.10. The summed E-state index contributed by atoms with van der Waals surface area (Å²) in [5.41, 5.74) is 5.79. The Kier molecular flexibility index (Phi) is 3.06. The maximum Gasteiger partial charge on any atom is 0.417 e. The van der Waals surface area contributed by atoms with Crippen LogP contribution >= 0.6 is 11.6 Å². The summed E-state index contributed by atoms with van der Waals surface area (Å²) in [5, 5.41) is 0.106. The number of hydrogen-bond acceptors (Lipinski definition) is 2. The van der Waals surface area contributed by atoms with Crippen molar-refractivity contribution >= 4 is 22.8 Å². The third-order valence-corrected chi connectivity index (χ3v) is 3.37. The van der Waals surface area contributed by atoms with Gasteiger partial charge in [-0.2, -0.15) is 13.2 Å². The molecule has 0 spiro atoms. The monoisotopic (exact) mass is 311 g/mol. The van der Waals surface area contributed by atoms with Crippen LogP contribution in [0.2, 0.25) is 5.15 Å². The van der Waals surface area contributed by atoms with E-state index in [1.807, 2.05) is 0 Å². The van der Waals surface area contributed by atoms with E-state index in [0.29, 0.717) is 11.2 Å². The molecule has 0 saturated carbocycles. The van der Waals surface area contributed by atoms with Crippen molar-refractivity contribution in [2.75, 3.05) is 5.73 Å². The molecule has 0 amide bonds. The molecule has 0 saturated heterocycles. The molecule has 3 nitrogen and oxygen atoms in total. The van der Waals surface area contributed by atoms with E-state index in [9.17, 15) is 13.2 Å². The maximum absolute atomic E-state index is 13.1. The Bertz CT molecular complexity index is 824. The SMILES string of the molecule is Nc1ccn2c(-c3ccccc3C(F)(F)F)nc(Cl)c2c1. The average Bonchev–Trinajstić information content (AvgIpc) is 2.75. The van der Waals surface area contributed by atoms with Gasteiger partial charge in [0.25, 0.3) is 0 Å². The smallest absolute Gasteiger partial charge is 0.399 e. The summed E-state index contributed by atoms with van der Waals surface area (Å²) in [6.07, 6.45) is -2.92. The van der Waals surface area contributed by atoms with Gasteiger partial charge in [0.15, 0.2) is 5.15 Å². The molecule has 3 aromatic rings. The molecule has 108 valence electrons. The van der Waals surface area contributed by atoms with Crippen molar-refractivity contribution in [1.29, 1.82) is 0 Å². The number of fused-ring (bicyclic) bond motifs is 1. The first-order valence-electron chi connectivity index (χ1n) is 5.97.